The Balaban J connectivity index is 0.000000445. The van der Waals surface area contributed by atoms with Gasteiger partial charge in [-0.2, -0.15) is 13.2 Å². The van der Waals surface area contributed by atoms with Crippen molar-refractivity contribution in [3.63, 3.8) is 0 Å². The van der Waals surface area contributed by atoms with Crippen LogP contribution in [0.15, 0.2) is 24.3 Å². The van der Waals surface area contributed by atoms with Gasteiger partial charge in [-0.25, -0.2) is 9.59 Å². The highest BCUT2D eigenvalue weighted by molar-refractivity contribution is 5.73. The summed E-state index contributed by atoms with van der Waals surface area (Å²) in [5, 5.41) is 19.0. The molecule has 1 aliphatic heterocycles. The lowest BCUT2D eigenvalue weighted by atomic mass is 10.1. The molecule has 0 saturated carbocycles. The highest BCUT2D eigenvalue weighted by atomic mass is 19.4. The van der Waals surface area contributed by atoms with Gasteiger partial charge in [0, 0.05) is 19.7 Å². The minimum atomic E-state index is -5.08. The zero-order valence-corrected chi connectivity index (χ0v) is 14.5. The highest BCUT2D eigenvalue weighted by Gasteiger charge is 2.38. The van der Waals surface area contributed by atoms with Gasteiger partial charge >= 0.3 is 18.1 Å². The van der Waals surface area contributed by atoms with Gasteiger partial charge in [0.05, 0.1) is 6.10 Å². The van der Waals surface area contributed by atoms with Gasteiger partial charge in [0.15, 0.2) is 6.61 Å². The number of carboxylic acid groups (broad SMARTS) is 2. The van der Waals surface area contributed by atoms with Crippen LogP contribution in [-0.2, 0) is 20.9 Å². The van der Waals surface area contributed by atoms with Crippen LogP contribution >= 0.6 is 0 Å². The third kappa shape index (κ3) is 10.4. The summed E-state index contributed by atoms with van der Waals surface area (Å²) >= 11 is 0. The van der Waals surface area contributed by atoms with E-state index in [0.717, 1.165) is 31.7 Å². The number of rotatable bonds is 7. The Morgan fingerprint density at radius 3 is 2.30 bits per heavy atom. The van der Waals surface area contributed by atoms with Crippen LogP contribution < -0.4 is 10.1 Å². The fourth-order valence-corrected chi connectivity index (χ4v) is 2.19. The van der Waals surface area contributed by atoms with Crippen LogP contribution in [0, 0.1) is 0 Å². The number of alkyl halides is 3. The van der Waals surface area contributed by atoms with Gasteiger partial charge < -0.3 is 25.0 Å². The van der Waals surface area contributed by atoms with E-state index in [9.17, 15) is 18.0 Å². The predicted octanol–water partition coefficient (Wildman–Crippen LogP) is 2.44. The van der Waals surface area contributed by atoms with Crippen molar-refractivity contribution >= 4 is 11.9 Å². The summed E-state index contributed by atoms with van der Waals surface area (Å²) in [6.07, 6.45) is -1.19. The Morgan fingerprint density at radius 1 is 1.19 bits per heavy atom. The number of benzene rings is 1. The molecule has 1 fully saturated rings. The van der Waals surface area contributed by atoms with E-state index in [-0.39, 0.29) is 6.61 Å². The third-order valence-electron chi connectivity index (χ3n) is 3.50. The van der Waals surface area contributed by atoms with Crippen LogP contribution in [0.4, 0.5) is 13.2 Å². The van der Waals surface area contributed by atoms with E-state index in [0.29, 0.717) is 11.9 Å². The molecule has 3 N–H and O–H groups in total. The zero-order chi connectivity index (χ0) is 20.3. The lowest BCUT2D eigenvalue weighted by Gasteiger charge is -2.22. The van der Waals surface area contributed by atoms with Crippen molar-refractivity contribution in [2.45, 2.75) is 38.1 Å². The molecule has 1 aromatic rings. The average molecular weight is 393 g/mol. The van der Waals surface area contributed by atoms with E-state index < -0.39 is 18.1 Å². The van der Waals surface area contributed by atoms with Crippen molar-refractivity contribution in [1.29, 1.82) is 0 Å². The van der Waals surface area contributed by atoms with Crippen molar-refractivity contribution in [2.24, 2.45) is 0 Å². The molecule has 1 saturated heterocycles. The van der Waals surface area contributed by atoms with E-state index in [1.54, 1.807) is 12.1 Å². The second-order valence-corrected chi connectivity index (χ2v) is 5.75. The Bertz CT molecular complexity index is 585. The van der Waals surface area contributed by atoms with Crippen LogP contribution in [0.2, 0.25) is 0 Å². The fraction of sp³-hybridized carbons (Fsp3) is 0.529. The summed E-state index contributed by atoms with van der Waals surface area (Å²) in [6, 6.07) is 7.45. The van der Waals surface area contributed by atoms with Crippen LogP contribution in [-0.4, -0.2) is 54.2 Å². The van der Waals surface area contributed by atoms with Gasteiger partial charge in [0.25, 0.3) is 0 Å². The monoisotopic (exact) mass is 393 g/mol. The second kappa shape index (κ2) is 11.4. The van der Waals surface area contributed by atoms with Gasteiger partial charge in [-0.1, -0.05) is 12.1 Å². The molecule has 27 heavy (non-hydrogen) atoms. The van der Waals surface area contributed by atoms with Crippen LogP contribution in [0.1, 0.15) is 24.8 Å². The SMILES string of the molecule is O=C(O)C(F)(F)F.O=C(O)COc1ccc(CNCC2CCCCO2)cc1. The number of hydrogen-bond acceptors (Lipinski definition) is 5. The van der Waals surface area contributed by atoms with E-state index in [4.69, 9.17) is 24.5 Å². The molecule has 0 aliphatic carbocycles. The molecule has 1 heterocycles. The predicted molar refractivity (Wildman–Crippen MR) is 88.6 cm³/mol. The molecule has 0 aromatic heterocycles. The topological polar surface area (TPSA) is 105 Å². The van der Waals surface area contributed by atoms with Crippen molar-refractivity contribution < 1.29 is 42.4 Å². The Morgan fingerprint density at radius 2 is 1.81 bits per heavy atom. The number of halogens is 3. The molecule has 1 unspecified atom stereocenters. The van der Waals surface area contributed by atoms with Crippen molar-refractivity contribution in [3.8, 4) is 5.75 Å². The first kappa shape index (κ1) is 22.7. The largest absolute Gasteiger partial charge is 0.490 e. The number of nitrogens with one attached hydrogen (secondary N) is 1. The Labute approximate surface area is 154 Å². The number of hydrogen-bond donors (Lipinski definition) is 3. The van der Waals surface area contributed by atoms with E-state index >= 15 is 0 Å². The number of aliphatic carboxylic acids is 2. The molecule has 7 nitrogen and oxygen atoms in total. The molecular formula is C17H22F3NO6. The number of carboxylic acids is 2. The maximum atomic E-state index is 10.6. The molecule has 1 aliphatic rings. The normalized spacial score (nSPS) is 16.8. The maximum Gasteiger partial charge on any atom is 0.490 e. The quantitative estimate of drug-likeness (QED) is 0.653. The molecule has 1 aromatic carbocycles. The first-order chi connectivity index (χ1) is 12.7. The van der Waals surface area contributed by atoms with Crippen LogP contribution in [0.5, 0.6) is 5.75 Å². The zero-order valence-electron chi connectivity index (χ0n) is 14.5. The lowest BCUT2D eigenvalue weighted by Crippen LogP contribution is -2.31. The molecule has 2 rings (SSSR count). The maximum absolute atomic E-state index is 10.6. The van der Waals surface area contributed by atoms with E-state index in [1.807, 2.05) is 12.1 Å². The summed E-state index contributed by atoms with van der Waals surface area (Å²) in [6.45, 7) is 2.22. The first-order valence-electron chi connectivity index (χ1n) is 8.24. The minimum Gasteiger partial charge on any atom is -0.482 e. The van der Waals surface area contributed by atoms with Gasteiger partial charge in [-0.3, -0.25) is 0 Å². The number of carbonyl (C=O) groups is 2. The van der Waals surface area contributed by atoms with Gasteiger partial charge in [-0.05, 0) is 37.0 Å². The third-order valence-corrected chi connectivity index (χ3v) is 3.50. The lowest BCUT2D eigenvalue weighted by molar-refractivity contribution is -0.192. The highest BCUT2D eigenvalue weighted by Crippen LogP contribution is 2.14. The van der Waals surface area contributed by atoms with Gasteiger partial charge in [0.1, 0.15) is 5.75 Å². The van der Waals surface area contributed by atoms with E-state index in [1.165, 1.54) is 12.8 Å². The molecule has 10 heteroatoms. The molecule has 0 spiro atoms. The Hall–Kier alpha value is -2.33. The summed E-state index contributed by atoms with van der Waals surface area (Å²) in [5.74, 6) is -3.15. The average Bonchev–Trinajstić information content (AvgIpc) is 2.61. The first-order valence-corrected chi connectivity index (χ1v) is 8.24. The molecule has 0 amide bonds. The summed E-state index contributed by atoms with van der Waals surface area (Å²) in [4.78, 5) is 19.3. The summed E-state index contributed by atoms with van der Waals surface area (Å²) in [5.41, 5.74) is 1.14. The molecule has 0 radical (unpaired) electrons. The van der Waals surface area contributed by atoms with Crippen LogP contribution in [0.25, 0.3) is 0 Å². The molecule has 152 valence electrons. The van der Waals surface area contributed by atoms with Crippen LogP contribution in [0.3, 0.4) is 0 Å². The van der Waals surface area contributed by atoms with Crippen molar-refractivity contribution in [2.75, 3.05) is 19.8 Å². The van der Waals surface area contributed by atoms with Gasteiger partial charge in [0.2, 0.25) is 0 Å². The molecular weight excluding hydrogens is 371 g/mol. The molecule has 0 bridgehead atoms. The number of ether oxygens (including phenoxy) is 2. The summed E-state index contributed by atoms with van der Waals surface area (Å²) < 4.78 is 42.5. The minimum absolute atomic E-state index is 0.309. The smallest absolute Gasteiger partial charge is 0.482 e. The Kier molecular flexibility index (Phi) is 9.59. The summed E-state index contributed by atoms with van der Waals surface area (Å²) in [7, 11) is 0. The van der Waals surface area contributed by atoms with E-state index in [2.05, 4.69) is 5.32 Å². The second-order valence-electron chi connectivity index (χ2n) is 5.75. The molecule has 1 atom stereocenters. The fourth-order valence-electron chi connectivity index (χ4n) is 2.19. The standard InChI is InChI=1S/C15H21NO4.C2HF3O2/c17-15(18)11-20-13-6-4-12(5-7-13)9-16-10-14-3-1-2-8-19-14;3-2(4,5)1(6)7/h4-7,14,16H,1-3,8-11H2,(H,17,18);(H,6,7). The van der Waals surface area contributed by atoms with Crippen molar-refractivity contribution in [1.82, 2.24) is 5.32 Å². The van der Waals surface area contributed by atoms with Crippen molar-refractivity contribution in [3.05, 3.63) is 29.8 Å². The van der Waals surface area contributed by atoms with Gasteiger partial charge in [-0.15, -0.1) is 0 Å².